The summed E-state index contributed by atoms with van der Waals surface area (Å²) in [6.45, 7) is 0. The van der Waals surface area contributed by atoms with E-state index in [-0.39, 0.29) is 0 Å². The summed E-state index contributed by atoms with van der Waals surface area (Å²) in [6, 6.07) is 8.33. The van der Waals surface area contributed by atoms with E-state index in [4.69, 9.17) is 0 Å². The molecule has 1 rings (SSSR count). The van der Waals surface area contributed by atoms with Crippen LogP contribution in [0.15, 0.2) is 34.2 Å². The highest BCUT2D eigenvalue weighted by Gasteiger charge is 1.88. The maximum atomic E-state index is 3.93. The van der Waals surface area contributed by atoms with Crippen molar-refractivity contribution in [2.45, 2.75) is 4.90 Å². The van der Waals surface area contributed by atoms with Crippen molar-refractivity contribution < 1.29 is 0 Å². The first-order valence-corrected chi connectivity index (χ1v) is 4.65. The van der Waals surface area contributed by atoms with Crippen LogP contribution in [0.5, 0.6) is 0 Å². The Hall–Kier alpha value is -0.760. The molecule has 0 aromatic heterocycles. The lowest BCUT2D eigenvalue weighted by Gasteiger charge is -1.95. The molecular formula is C9H11NS. The van der Waals surface area contributed by atoms with Crippen LogP contribution in [0.2, 0.25) is 0 Å². The Bertz CT molecular complexity index is 238. The van der Waals surface area contributed by atoms with Gasteiger partial charge in [-0.1, -0.05) is 12.1 Å². The molecule has 11 heavy (non-hydrogen) atoms. The number of benzene rings is 1. The molecule has 0 aliphatic carbocycles. The number of nitrogens with zero attached hydrogens (tertiary/aromatic N) is 1. The summed E-state index contributed by atoms with van der Waals surface area (Å²) in [5, 5.41) is 0. The summed E-state index contributed by atoms with van der Waals surface area (Å²) in [4.78, 5) is 5.22. The normalized spacial score (nSPS) is 10.7. The minimum Gasteiger partial charge on any atom is -0.296 e. The van der Waals surface area contributed by atoms with Crippen molar-refractivity contribution in [1.29, 1.82) is 0 Å². The maximum absolute atomic E-state index is 3.93. The van der Waals surface area contributed by atoms with Gasteiger partial charge in [-0.3, -0.25) is 4.99 Å². The van der Waals surface area contributed by atoms with E-state index in [1.807, 2.05) is 6.21 Å². The van der Waals surface area contributed by atoms with Gasteiger partial charge < -0.3 is 0 Å². The number of thioether (sulfide) groups is 1. The van der Waals surface area contributed by atoms with Crippen LogP contribution < -0.4 is 0 Å². The Labute approximate surface area is 71.5 Å². The van der Waals surface area contributed by atoms with E-state index >= 15 is 0 Å². The monoisotopic (exact) mass is 165 g/mol. The standard InChI is InChI=1S/C9H11NS/c1-10-7-8-3-5-9(11-2)6-4-8/h3-7H,1-2H3/b10-7-. The number of hydrogen-bond acceptors (Lipinski definition) is 2. The second-order valence-corrected chi connectivity index (χ2v) is 3.04. The topological polar surface area (TPSA) is 12.4 Å². The molecule has 0 radical (unpaired) electrons. The Morgan fingerprint density at radius 1 is 1.27 bits per heavy atom. The second-order valence-electron chi connectivity index (χ2n) is 2.16. The highest BCUT2D eigenvalue weighted by molar-refractivity contribution is 7.98. The second kappa shape index (κ2) is 4.19. The Morgan fingerprint density at radius 3 is 2.36 bits per heavy atom. The molecule has 0 saturated carbocycles. The first-order chi connectivity index (χ1) is 5.36. The van der Waals surface area contributed by atoms with Gasteiger partial charge in [0.2, 0.25) is 0 Å². The number of rotatable bonds is 2. The fraction of sp³-hybridized carbons (Fsp3) is 0.222. The van der Waals surface area contributed by atoms with Crippen LogP contribution in [0.1, 0.15) is 5.56 Å². The SMILES string of the molecule is C/N=C\c1ccc(SC)cc1. The molecular weight excluding hydrogens is 154 g/mol. The minimum atomic E-state index is 1.16. The van der Waals surface area contributed by atoms with E-state index in [1.165, 1.54) is 4.90 Å². The molecule has 2 heteroatoms. The summed E-state index contributed by atoms with van der Waals surface area (Å²) < 4.78 is 0. The molecule has 0 aliphatic rings. The molecule has 0 spiro atoms. The first kappa shape index (κ1) is 8.34. The summed E-state index contributed by atoms with van der Waals surface area (Å²) in [5.74, 6) is 0. The smallest absolute Gasteiger partial charge is 0.0281 e. The fourth-order valence-corrected chi connectivity index (χ4v) is 1.25. The lowest BCUT2D eigenvalue weighted by molar-refractivity contribution is 1.43. The van der Waals surface area contributed by atoms with Crippen LogP contribution in [0.4, 0.5) is 0 Å². The molecule has 1 aromatic rings. The molecule has 58 valence electrons. The molecule has 0 heterocycles. The van der Waals surface area contributed by atoms with Gasteiger partial charge in [-0.2, -0.15) is 0 Å². The lowest BCUT2D eigenvalue weighted by atomic mass is 10.2. The Kier molecular flexibility index (Phi) is 3.17. The van der Waals surface area contributed by atoms with Crippen molar-refractivity contribution >= 4 is 18.0 Å². The number of aliphatic imine (C=N–C) groups is 1. The molecule has 0 amide bonds. The maximum Gasteiger partial charge on any atom is 0.0281 e. The van der Waals surface area contributed by atoms with Gasteiger partial charge in [0, 0.05) is 18.2 Å². The third-order valence-electron chi connectivity index (χ3n) is 1.39. The molecule has 0 saturated heterocycles. The third-order valence-corrected chi connectivity index (χ3v) is 2.14. The van der Waals surface area contributed by atoms with Crippen LogP contribution in [-0.4, -0.2) is 19.5 Å². The molecule has 0 atom stereocenters. The van der Waals surface area contributed by atoms with E-state index in [1.54, 1.807) is 18.8 Å². The van der Waals surface area contributed by atoms with Gasteiger partial charge in [0.15, 0.2) is 0 Å². The zero-order chi connectivity index (χ0) is 8.10. The van der Waals surface area contributed by atoms with Crippen molar-refractivity contribution in [2.75, 3.05) is 13.3 Å². The van der Waals surface area contributed by atoms with Gasteiger partial charge in [-0.05, 0) is 24.0 Å². The van der Waals surface area contributed by atoms with Crippen LogP contribution in [0, 0.1) is 0 Å². The predicted octanol–water partition coefficient (Wildman–Crippen LogP) is 2.46. The highest BCUT2D eigenvalue weighted by atomic mass is 32.2. The highest BCUT2D eigenvalue weighted by Crippen LogP contribution is 2.13. The van der Waals surface area contributed by atoms with Crippen molar-refractivity contribution in [1.82, 2.24) is 0 Å². The molecule has 0 bridgehead atoms. The average molecular weight is 165 g/mol. The molecule has 0 aliphatic heterocycles. The van der Waals surface area contributed by atoms with Gasteiger partial charge in [-0.25, -0.2) is 0 Å². The van der Waals surface area contributed by atoms with E-state index in [0.29, 0.717) is 0 Å². The van der Waals surface area contributed by atoms with Crippen molar-refractivity contribution in [2.24, 2.45) is 4.99 Å². The lowest BCUT2D eigenvalue weighted by Crippen LogP contribution is -1.78. The van der Waals surface area contributed by atoms with Crippen LogP contribution in [-0.2, 0) is 0 Å². The van der Waals surface area contributed by atoms with Gasteiger partial charge in [0.1, 0.15) is 0 Å². The zero-order valence-electron chi connectivity index (χ0n) is 6.74. The summed E-state index contributed by atoms with van der Waals surface area (Å²) in [5.41, 5.74) is 1.16. The Morgan fingerprint density at radius 2 is 1.91 bits per heavy atom. The number of hydrogen-bond donors (Lipinski definition) is 0. The van der Waals surface area contributed by atoms with Gasteiger partial charge in [0.05, 0.1) is 0 Å². The van der Waals surface area contributed by atoms with Crippen LogP contribution in [0.25, 0.3) is 0 Å². The van der Waals surface area contributed by atoms with Crippen molar-refractivity contribution in [3.8, 4) is 0 Å². The first-order valence-electron chi connectivity index (χ1n) is 3.43. The molecule has 1 nitrogen and oxygen atoms in total. The quantitative estimate of drug-likeness (QED) is 0.484. The summed E-state index contributed by atoms with van der Waals surface area (Å²) in [7, 11) is 1.78. The minimum absolute atomic E-state index is 1.16. The van der Waals surface area contributed by atoms with E-state index in [2.05, 4.69) is 35.5 Å². The zero-order valence-corrected chi connectivity index (χ0v) is 7.56. The van der Waals surface area contributed by atoms with E-state index in [0.717, 1.165) is 5.56 Å². The molecule has 0 fully saturated rings. The molecule has 0 unspecified atom stereocenters. The fourth-order valence-electron chi connectivity index (χ4n) is 0.839. The van der Waals surface area contributed by atoms with Crippen LogP contribution in [0.3, 0.4) is 0 Å². The average Bonchev–Trinajstić information content (AvgIpc) is 2.07. The van der Waals surface area contributed by atoms with Crippen molar-refractivity contribution in [3.63, 3.8) is 0 Å². The summed E-state index contributed by atoms with van der Waals surface area (Å²) >= 11 is 1.75. The van der Waals surface area contributed by atoms with Gasteiger partial charge >= 0.3 is 0 Å². The largest absolute Gasteiger partial charge is 0.296 e. The van der Waals surface area contributed by atoms with Crippen LogP contribution >= 0.6 is 11.8 Å². The van der Waals surface area contributed by atoms with Gasteiger partial charge in [0.25, 0.3) is 0 Å². The summed E-state index contributed by atoms with van der Waals surface area (Å²) in [6.07, 6.45) is 3.92. The third kappa shape index (κ3) is 2.39. The van der Waals surface area contributed by atoms with E-state index < -0.39 is 0 Å². The molecule has 0 N–H and O–H groups in total. The van der Waals surface area contributed by atoms with Gasteiger partial charge in [-0.15, -0.1) is 11.8 Å². The van der Waals surface area contributed by atoms with E-state index in [9.17, 15) is 0 Å². The Balaban J connectivity index is 2.82. The van der Waals surface area contributed by atoms with Crippen molar-refractivity contribution in [3.05, 3.63) is 29.8 Å². The molecule has 1 aromatic carbocycles. The predicted molar refractivity (Wildman–Crippen MR) is 51.7 cm³/mol.